The van der Waals surface area contributed by atoms with Crippen LogP contribution in [0.3, 0.4) is 0 Å². The molecule has 1 heterocycles. The minimum absolute atomic E-state index is 0.0358. The van der Waals surface area contributed by atoms with Gasteiger partial charge in [0.15, 0.2) is 0 Å². The van der Waals surface area contributed by atoms with Gasteiger partial charge < -0.3 is 5.11 Å². The van der Waals surface area contributed by atoms with Crippen molar-refractivity contribution in [2.24, 2.45) is 0 Å². The van der Waals surface area contributed by atoms with Crippen LogP contribution in [-0.4, -0.2) is 16.7 Å². The molecule has 13 heavy (non-hydrogen) atoms. The maximum Gasteiger partial charge on any atom is 0.297 e. The van der Waals surface area contributed by atoms with Crippen LogP contribution in [0.15, 0.2) is 16.7 Å². The minimum Gasteiger partial charge on any atom is -0.390 e. The van der Waals surface area contributed by atoms with Gasteiger partial charge in [-0.15, -0.1) is 0 Å². The lowest BCUT2D eigenvalue weighted by molar-refractivity contribution is -0.0562. The van der Waals surface area contributed by atoms with Crippen molar-refractivity contribution in [3.63, 3.8) is 0 Å². The Kier molecular flexibility index (Phi) is 3.21. The molecule has 0 aliphatic heterocycles. The zero-order valence-electron chi connectivity index (χ0n) is 6.27. The summed E-state index contributed by atoms with van der Waals surface area (Å²) in [5.74, 6) is -3.30. The molecule has 0 unspecified atom stereocenters. The maximum absolute atomic E-state index is 13.0. The molecule has 0 saturated carbocycles. The number of pyridine rings is 1. The summed E-state index contributed by atoms with van der Waals surface area (Å²) in [6, 6.07) is 1.02. The van der Waals surface area contributed by atoms with Crippen LogP contribution in [-0.2, 0) is 5.92 Å². The quantitative estimate of drug-likeness (QED) is 0.840. The van der Waals surface area contributed by atoms with E-state index in [9.17, 15) is 8.78 Å². The summed E-state index contributed by atoms with van der Waals surface area (Å²) in [5, 5.41) is 8.39. The van der Waals surface area contributed by atoms with Gasteiger partial charge in [0.05, 0.1) is 0 Å². The number of alkyl halides is 2. The monoisotopic (exact) mass is 271 g/mol. The highest BCUT2D eigenvalue weighted by Crippen LogP contribution is 2.33. The summed E-state index contributed by atoms with van der Waals surface area (Å²) in [7, 11) is 0. The van der Waals surface area contributed by atoms with E-state index in [0.29, 0.717) is 0 Å². The lowest BCUT2D eigenvalue weighted by Gasteiger charge is -2.14. The molecule has 0 spiro atoms. The van der Waals surface area contributed by atoms with E-state index in [1.807, 2.05) is 0 Å². The first kappa shape index (κ1) is 10.8. The van der Waals surface area contributed by atoms with E-state index in [4.69, 9.17) is 16.7 Å². The Labute approximate surface area is 86.7 Å². The molecular weight excluding hydrogens is 267 g/mol. The van der Waals surface area contributed by atoms with Crippen molar-refractivity contribution in [3.05, 3.63) is 27.5 Å². The second kappa shape index (κ2) is 3.86. The Balaban J connectivity index is 3.20. The van der Waals surface area contributed by atoms with Crippen molar-refractivity contribution in [2.45, 2.75) is 5.92 Å². The van der Waals surface area contributed by atoms with Crippen molar-refractivity contribution in [3.8, 4) is 0 Å². The summed E-state index contributed by atoms with van der Waals surface area (Å²) in [5.41, 5.74) is -0.366. The molecule has 0 aliphatic carbocycles. The third kappa shape index (κ3) is 2.36. The Morgan fingerprint density at radius 2 is 2.23 bits per heavy atom. The average molecular weight is 272 g/mol. The van der Waals surface area contributed by atoms with E-state index in [-0.39, 0.29) is 15.2 Å². The normalized spacial score (nSPS) is 11.8. The van der Waals surface area contributed by atoms with Crippen LogP contribution in [0.1, 0.15) is 5.56 Å². The fourth-order valence-corrected chi connectivity index (χ4v) is 1.44. The van der Waals surface area contributed by atoms with Gasteiger partial charge in [0.2, 0.25) is 0 Å². The Bertz CT molecular complexity index is 321. The highest BCUT2D eigenvalue weighted by molar-refractivity contribution is 9.10. The first-order valence-corrected chi connectivity index (χ1v) is 4.44. The fraction of sp³-hybridized carbons (Fsp3) is 0.286. The largest absolute Gasteiger partial charge is 0.390 e. The molecule has 0 aromatic carbocycles. The molecule has 1 rings (SSSR count). The third-order valence-electron chi connectivity index (χ3n) is 1.41. The van der Waals surface area contributed by atoms with E-state index < -0.39 is 12.5 Å². The van der Waals surface area contributed by atoms with Crippen molar-refractivity contribution in [1.82, 2.24) is 4.98 Å². The number of halogens is 4. The molecule has 0 atom stereocenters. The predicted octanol–water partition coefficient (Wildman–Crippen LogP) is 2.58. The third-order valence-corrected chi connectivity index (χ3v) is 2.25. The lowest BCUT2D eigenvalue weighted by Crippen LogP contribution is -2.19. The van der Waals surface area contributed by atoms with Gasteiger partial charge in [0, 0.05) is 16.2 Å². The number of aliphatic hydroxyl groups excluding tert-OH is 1. The standard InChI is InChI=1S/C7H5BrClF2NO/c8-5-2-12-6(9)1-4(5)7(10,11)3-13/h1-2,13H,3H2. The molecule has 2 nitrogen and oxygen atoms in total. The van der Waals surface area contributed by atoms with Crippen LogP contribution in [0.4, 0.5) is 8.78 Å². The van der Waals surface area contributed by atoms with E-state index in [1.165, 1.54) is 6.20 Å². The highest BCUT2D eigenvalue weighted by atomic mass is 79.9. The zero-order chi connectivity index (χ0) is 10.1. The van der Waals surface area contributed by atoms with E-state index >= 15 is 0 Å². The molecule has 0 aliphatic rings. The fourth-order valence-electron chi connectivity index (χ4n) is 0.779. The number of rotatable bonds is 2. The van der Waals surface area contributed by atoms with Crippen molar-refractivity contribution < 1.29 is 13.9 Å². The molecule has 1 N–H and O–H groups in total. The summed E-state index contributed by atoms with van der Waals surface area (Å²) < 4.78 is 26.0. The number of nitrogens with zero attached hydrogens (tertiary/aromatic N) is 1. The van der Waals surface area contributed by atoms with Gasteiger partial charge >= 0.3 is 0 Å². The molecular formula is C7H5BrClF2NO. The molecule has 6 heteroatoms. The average Bonchev–Trinajstić information content (AvgIpc) is 2.09. The first-order valence-electron chi connectivity index (χ1n) is 3.27. The first-order chi connectivity index (χ1) is 5.97. The number of aliphatic hydroxyl groups is 1. The number of aromatic nitrogens is 1. The van der Waals surface area contributed by atoms with Gasteiger partial charge in [-0.05, 0) is 22.0 Å². The molecule has 0 saturated heterocycles. The van der Waals surface area contributed by atoms with Crippen molar-refractivity contribution in [1.29, 1.82) is 0 Å². The Hall–Kier alpha value is -0.260. The van der Waals surface area contributed by atoms with Crippen LogP contribution in [0.25, 0.3) is 0 Å². The lowest BCUT2D eigenvalue weighted by atomic mass is 10.1. The molecule has 0 bridgehead atoms. The molecule has 0 fully saturated rings. The molecule has 72 valence electrons. The van der Waals surface area contributed by atoms with Gasteiger partial charge in [-0.1, -0.05) is 11.6 Å². The molecule has 1 aromatic rings. The molecule has 1 aromatic heterocycles. The summed E-state index contributed by atoms with van der Waals surface area (Å²) in [6.45, 7) is -1.26. The van der Waals surface area contributed by atoms with E-state index in [1.54, 1.807) is 0 Å². The predicted molar refractivity (Wildman–Crippen MR) is 47.9 cm³/mol. The van der Waals surface area contributed by atoms with Crippen LogP contribution < -0.4 is 0 Å². The topological polar surface area (TPSA) is 33.1 Å². The van der Waals surface area contributed by atoms with Crippen LogP contribution in [0, 0.1) is 0 Å². The Morgan fingerprint density at radius 1 is 1.62 bits per heavy atom. The van der Waals surface area contributed by atoms with Crippen molar-refractivity contribution in [2.75, 3.05) is 6.61 Å². The summed E-state index contributed by atoms with van der Waals surface area (Å²) in [6.07, 6.45) is 1.17. The smallest absolute Gasteiger partial charge is 0.297 e. The van der Waals surface area contributed by atoms with Crippen LogP contribution in [0.5, 0.6) is 0 Å². The van der Waals surface area contributed by atoms with E-state index in [2.05, 4.69) is 20.9 Å². The molecule has 0 radical (unpaired) electrons. The number of hydrogen-bond donors (Lipinski definition) is 1. The highest BCUT2D eigenvalue weighted by Gasteiger charge is 2.33. The number of hydrogen-bond acceptors (Lipinski definition) is 2. The van der Waals surface area contributed by atoms with E-state index in [0.717, 1.165) is 6.07 Å². The zero-order valence-corrected chi connectivity index (χ0v) is 8.61. The van der Waals surface area contributed by atoms with Gasteiger partial charge in [0.25, 0.3) is 5.92 Å². The molecule has 0 amide bonds. The minimum atomic E-state index is -3.30. The van der Waals surface area contributed by atoms with Crippen LogP contribution >= 0.6 is 27.5 Å². The summed E-state index contributed by atoms with van der Waals surface area (Å²) >= 11 is 8.33. The second-order valence-electron chi connectivity index (χ2n) is 2.35. The van der Waals surface area contributed by atoms with Gasteiger partial charge in [-0.3, -0.25) is 0 Å². The van der Waals surface area contributed by atoms with Gasteiger partial charge in [-0.2, -0.15) is 8.78 Å². The van der Waals surface area contributed by atoms with Crippen molar-refractivity contribution >= 4 is 27.5 Å². The Morgan fingerprint density at radius 3 is 2.77 bits per heavy atom. The van der Waals surface area contributed by atoms with Gasteiger partial charge in [-0.25, -0.2) is 4.98 Å². The summed E-state index contributed by atoms with van der Waals surface area (Å²) in [4.78, 5) is 3.59. The maximum atomic E-state index is 13.0. The van der Waals surface area contributed by atoms with Crippen LogP contribution in [0.2, 0.25) is 5.15 Å². The SMILES string of the molecule is OCC(F)(F)c1cc(Cl)ncc1Br. The van der Waals surface area contributed by atoms with Gasteiger partial charge in [0.1, 0.15) is 11.8 Å². The second-order valence-corrected chi connectivity index (χ2v) is 3.59.